The zero-order valence-corrected chi connectivity index (χ0v) is 11.5. The number of aromatic nitrogens is 2. The molecule has 0 radical (unpaired) electrons. The van der Waals surface area contributed by atoms with Crippen molar-refractivity contribution in [2.75, 3.05) is 11.9 Å². The van der Waals surface area contributed by atoms with Crippen LogP contribution in [0.15, 0.2) is 6.20 Å². The van der Waals surface area contributed by atoms with Gasteiger partial charge in [0.25, 0.3) is 0 Å². The zero-order valence-electron chi connectivity index (χ0n) is 10.8. The van der Waals surface area contributed by atoms with Gasteiger partial charge in [0, 0.05) is 18.3 Å². The summed E-state index contributed by atoms with van der Waals surface area (Å²) in [7, 11) is 0. The SMILES string of the molecule is Cc1cnc(Cl)nc1NCC(C)(O)CC(C)C. The Balaban J connectivity index is 2.63. The lowest BCUT2D eigenvalue weighted by molar-refractivity contribution is 0.0514. The van der Waals surface area contributed by atoms with Crippen LogP contribution in [0.3, 0.4) is 0 Å². The van der Waals surface area contributed by atoms with Gasteiger partial charge in [0.1, 0.15) is 5.82 Å². The molecule has 1 heterocycles. The van der Waals surface area contributed by atoms with Crippen molar-refractivity contribution >= 4 is 17.4 Å². The molecule has 1 rings (SSSR count). The predicted octanol–water partition coefficient (Wildman–Crippen LogP) is 2.65. The monoisotopic (exact) mass is 257 g/mol. The van der Waals surface area contributed by atoms with Gasteiger partial charge in [-0.25, -0.2) is 9.97 Å². The molecule has 2 N–H and O–H groups in total. The van der Waals surface area contributed by atoms with E-state index in [2.05, 4.69) is 29.1 Å². The fourth-order valence-corrected chi connectivity index (χ4v) is 1.96. The second kappa shape index (κ2) is 5.65. The Morgan fingerprint density at radius 1 is 1.53 bits per heavy atom. The summed E-state index contributed by atoms with van der Waals surface area (Å²) in [5.74, 6) is 1.12. The highest BCUT2D eigenvalue weighted by Gasteiger charge is 2.22. The van der Waals surface area contributed by atoms with Gasteiger partial charge in [-0.15, -0.1) is 0 Å². The first-order valence-electron chi connectivity index (χ1n) is 5.75. The minimum absolute atomic E-state index is 0.210. The van der Waals surface area contributed by atoms with E-state index in [0.717, 1.165) is 12.0 Å². The molecule has 1 unspecified atom stereocenters. The fraction of sp³-hybridized carbons (Fsp3) is 0.667. The maximum atomic E-state index is 10.2. The third-order valence-electron chi connectivity index (χ3n) is 2.43. The van der Waals surface area contributed by atoms with Gasteiger partial charge in [-0.05, 0) is 37.8 Å². The van der Waals surface area contributed by atoms with Crippen molar-refractivity contribution in [3.05, 3.63) is 17.0 Å². The summed E-state index contributed by atoms with van der Waals surface area (Å²) in [5, 5.41) is 13.5. The highest BCUT2D eigenvalue weighted by Crippen LogP contribution is 2.18. The number of rotatable bonds is 5. The molecule has 0 amide bonds. The molecule has 1 aromatic rings. The van der Waals surface area contributed by atoms with E-state index in [1.54, 1.807) is 6.20 Å². The Morgan fingerprint density at radius 2 is 2.18 bits per heavy atom. The topological polar surface area (TPSA) is 58.0 Å². The number of anilines is 1. The lowest BCUT2D eigenvalue weighted by Gasteiger charge is -2.26. The molecule has 0 aliphatic rings. The number of nitrogens with zero attached hydrogens (tertiary/aromatic N) is 2. The lowest BCUT2D eigenvalue weighted by atomic mass is 9.94. The first-order valence-corrected chi connectivity index (χ1v) is 6.13. The molecule has 0 saturated carbocycles. The van der Waals surface area contributed by atoms with Crippen molar-refractivity contribution in [2.45, 2.75) is 39.7 Å². The average molecular weight is 258 g/mol. The quantitative estimate of drug-likeness (QED) is 0.797. The summed E-state index contributed by atoms with van der Waals surface area (Å²) in [4.78, 5) is 7.97. The van der Waals surface area contributed by atoms with Crippen molar-refractivity contribution in [3.63, 3.8) is 0 Å². The second-order valence-corrected chi connectivity index (χ2v) is 5.46. The van der Waals surface area contributed by atoms with Gasteiger partial charge in [-0.2, -0.15) is 0 Å². The zero-order chi connectivity index (χ0) is 13.1. The molecule has 0 aliphatic carbocycles. The molecule has 5 heteroatoms. The van der Waals surface area contributed by atoms with Crippen molar-refractivity contribution in [1.29, 1.82) is 0 Å². The fourth-order valence-electron chi connectivity index (χ4n) is 1.83. The van der Waals surface area contributed by atoms with E-state index in [1.807, 2.05) is 13.8 Å². The summed E-state index contributed by atoms with van der Waals surface area (Å²) in [6, 6.07) is 0. The molecule has 0 aliphatic heterocycles. The van der Waals surface area contributed by atoms with E-state index in [-0.39, 0.29) is 5.28 Å². The van der Waals surface area contributed by atoms with Crippen molar-refractivity contribution in [1.82, 2.24) is 9.97 Å². The molecule has 96 valence electrons. The standard InChI is InChI=1S/C12H20ClN3O/c1-8(2)5-12(4,17)7-15-10-9(3)6-14-11(13)16-10/h6,8,17H,5,7H2,1-4H3,(H,14,15,16). The first kappa shape index (κ1) is 14.2. The molecule has 0 aromatic carbocycles. The van der Waals surface area contributed by atoms with Gasteiger partial charge in [0.15, 0.2) is 0 Å². The smallest absolute Gasteiger partial charge is 0.224 e. The van der Waals surface area contributed by atoms with Crippen LogP contribution in [0.1, 0.15) is 32.8 Å². The van der Waals surface area contributed by atoms with E-state index < -0.39 is 5.60 Å². The number of halogens is 1. The summed E-state index contributed by atoms with van der Waals surface area (Å²) in [6.45, 7) is 8.33. The lowest BCUT2D eigenvalue weighted by Crippen LogP contribution is -2.35. The van der Waals surface area contributed by atoms with Gasteiger partial charge in [0.2, 0.25) is 5.28 Å². The molecular weight excluding hydrogens is 238 g/mol. The number of aryl methyl sites for hydroxylation is 1. The minimum atomic E-state index is -0.752. The number of hydrogen-bond donors (Lipinski definition) is 2. The summed E-state index contributed by atoms with van der Waals surface area (Å²) >= 11 is 5.73. The Labute approximate surface area is 107 Å². The maximum absolute atomic E-state index is 10.2. The van der Waals surface area contributed by atoms with Crippen molar-refractivity contribution in [2.24, 2.45) is 5.92 Å². The van der Waals surface area contributed by atoms with Gasteiger partial charge >= 0.3 is 0 Å². The molecule has 1 aromatic heterocycles. The molecule has 0 fully saturated rings. The predicted molar refractivity (Wildman–Crippen MR) is 70.3 cm³/mol. The maximum Gasteiger partial charge on any atom is 0.224 e. The van der Waals surface area contributed by atoms with Gasteiger partial charge in [0.05, 0.1) is 5.60 Å². The van der Waals surface area contributed by atoms with E-state index in [0.29, 0.717) is 18.3 Å². The summed E-state index contributed by atoms with van der Waals surface area (Å²) in [6.07, 6.45) is 2.40. The average Bonchev–Trinajstić information content (AvgIpc) is 2.17. The van der Waals surface area contributed by atoms with Crippen LogP contribution >= 0.6 is 11.6 Å². The molecule has 17 heavy (non-hydrogen) atoms. The molecule has 4 nitrogen and oxygen atoms in total. The molecule has 0 spiro atoms. The molecule has 0 bridgehead atoms. The van der Waals surface area contributed by atoms with Gasteiger partial charge in [-0.1, -0.05) is 13.8 Å². The van der Waals surface area contributed by atoms with E-state index in [9.17, 15) is 5.11 Å². The number of nitrogens with one attached hydrogen (secondary N) is 1. The molecule has 0 saturated heterocycles. The van der Waals surface area contributed by atoms with Crippen LogP contribution in [0.5, 0.6) is 0 Å². The third-order valence-corrected chi connectivity index (χ3v) is 2.61. The van der Waals surface area contributed by atoms with Crippen molar-refractivity contribution < 1.29 is 5.11 Å². The Bertz CT molecular complexity index is 380. The van der Waals surface area contributed by atoms with Gasteiger partial charge in [-0.3, -0.25) is 0 Å². The van der Waals surface area contributed by atoms with Crippen molar-refractivity contribution in [3.8, 4) is 0 Å². The first-order chi connectivity index (χ1) is 7.80. The van der Waals surface area contributed by atoms with Crippen LogP contribution < -0.4 is 5.32 Å². The second-order valence-electron chi connectivity index (χ2n) is 5.12. The Hall–Kier alpha value is -0.870. The summed E-state index contributed by atoms with van der Waals surface area (Å²) < 4.78 is 0. The van der Waals surface area contributed by atoms with Crippen LogP contribution in [0.2, 0.25) is 5.28 Å². The van der Waals surface area contributed by atoms with E-state index in [1.165, 1.54) is 0 Å². The number of hydrogen-bond acceptors (Lipinski definition) is 4. The van der Waals surface area contributed by atoms with Crippen LogP contribution in [-0.4, -0.2) is 27.2 Å². The minimum Gasteiger partial charge on any atom is -0.388 e. The normalized spacial score (nSPS) is 14.8. The summed E-state index contributed by atoms with van der Waals surface area (Å²) in [5.41, 5.74) is 0.160. The Morgan fingerprint density at radius 3 is 2.76 bits per heavy atom. The van der Waals surface area contributed by atoms with Crippen LogP contribution in [0, 0.1) is 12.8 Å². The highest BCUT2D eigenvalue weighted by molar-refractivity contribution is 6.28. The van der Waals surface area contributed by atoms with Crippen LogP contribution in [0.4, 0.5) is 5.82 Å². The highest BCUT2D eigenvalue weighted by atomic mass is 35.5. The number of aliphatic hydroxyl groups is 1. The molecular formula is C12H20ClN3O. The van der Waals surface area contributed by atoms with Gasteiger partial charge < -0.3 is 10.4 Å². The largest absolute Gasteiger partial charge is 0.388 e. The van der Waals surface area contributed by atoms with Crippen LogP contribution in [-0.2, 0) is 0 Å². The van der Waals surface area contributed by atoms with Crippen LogP contribution in [0.25, 0.3) is 0 Å². The Kier molecular flexibility index (Phi) is 4.71. The third kappa shape index (κ3) is 4.88. The van der Waals surface area contributed by atoms with E-state index >= 15 is 0 Å². The van der Waals surface area contributed by atoms with E-state index in [4.69, 9.17) is 11.6 Å². The molecule has 1 atom stereocenters.